The highest BCUT2D eigenvalue weighted by Gasteiger charge is 2.24. The third-order valence-corrected chi connectivity index (χ3v) is 2.63. The van der Waals surface area contributed by atoms with E-state index in [0.29, 0.717) is 17.9 Å². The molecule has 0 spiro atoms. The lowest BCUT2D eigenvalue weighted by molar-refractivity contribution is -0.117. The zero-order valence-electron chi connectivity index (χ0n) is 10.7. The molecule has 0 aromatic heterocycles. The number of amidine groups is 2. The van der Waals surface area contributed by atoms with Crippen LogP contribution in [0.4, 0.5) is 0 Å². The summed E-state index contributed by atoms with van der Waals surface area (Å²) in [6.07, 6.45) is 0.885. The van der Waals surface area contributed by atoms with E-state index in [1.165, 1.54) is 0 Å². The minimum absolute atomic E-state index is 0.0697. The number of carbonyl (C=O) groups excluding carboxylic acids is 1. The van der Waals surface area contributed by atoms with Crippen molar-refractivity contribution >= 4 is 17.6 Å². The van der Waals surface area contributed by atoms with E-state index in [-0.39, 0.29) is 11.7 Å². The van der Waals surface area contributed by atoms with Crippen LogP contribution < -0.4 is 16.2 Å². The topological polar surface area (TPSA) is 103 Å². The van der Waals surface area contributed by atoms with Crippen LogP contribution in [-0.4, -0.2) is 30.2 Å². The van der Waals surface area contributed by atoms with Gasteiger partial charge in [0.15, 0.2) is 5.84 Å². The Morgan fingerprint density at radius 1 is 1.32 bits per heavy atom. The van der Waals surface area contributed by atoms with Crippen LogP contribution >= 0.6 is 0 Å². The number of amides is 1. The lowest BCUT2D eigenvalue weighted by Crippen LogP contribution is -2.45. The van der Waals surface area contributed by atoms with Crippen LogP contribution in [0.1, 0.15) is 18.9 Å². The first-order valence-electron chi connectivity index (χ1n) is 6.08. The van der Waals surface area contributed by atoms with Gasteiger partial charge in [0, 0.05) is 0 Å². The van der Waals surface area contributed by atoms with Crippen LogP contribution in [0.25, 0.3) is 0 Å². The van der Waals surface area contributed by atoms with E-state index in [9.17, 15) is 4.79 Å². The van der Waals surface area contributed by atoms with Gasteiger partial charge in [0.2, 0.25) is 0 Å². The predicted octanol–water partition coefficient (Wildman–Crippen LogP) is 0.447. The summed E-state index contributed by atoms with van der Waals surface area (Å²) >= 11 is 0. The largest absolute Gasteiger partial charge is 0.493 e. The summed E-state index contributed by atoms with van der Waals surface area (Å²) in [5.41, 5.74) is 11.8. The summed E-state index contributed by atoms with van der Waals surface area (Å²) in [7, 11) is 0. The zero-order chi connectivity index (χ0) is 13.8. The molecule has 1 aliphatic rings. The molecule has 1 amide bonds. The Morgan fingerprint density at radius 3 is 2.74 bits per heavy atom. The van der Waals surface area contributed by atoms with Gasteiger partial charge in [-0.05, 0) is 18.6 Å². The SMILES string of the molecule is CCCOc1ccccc1C1=NC(=O)C(N)C(N)=N1. The fourth-order valence-corrected chi connectivity index (χ4v) is 1.63. The second-order valence-electron chi connectivity index (χ2n) is 4.13. The molecule has 0 aliphatic carbocycles. The Labute approximate surface area is 111 Å². The minimum Gasteiger partial charge on any atom is -0.493 e. The number of para-hydroxylation sites is 1. The summed E-state index contributed by atoms with van der Waals surface area (Å²) in [5, 5.41) is 0. The molecule has 100 valence electrons. The molecule has 19 heavy (non-hydrogen) atoms. The van der Waals surface area contributed by atoms with Gasteiger partial charge in [-0.2, -0.15) is 4.99 Å². The molecule has 0 radical (unpaired) electrons. The van der Waals surface area contributed by atoms with Crippen molar-refractivity contribution in [1.29, 1.82) is 0 Å². The molecule has 0 saturated heterocycles. The maximum Gasteiger partial charge on any atom is 0.272 e. The maximum absolute atomic E-state index is 11.6. The van der Waals surface area contributed by atoms with Gasteiger partial charge in [0.25, 0.3) is 5.91 Å². The monoisotopic (exact) mass is 260 g/mol. The van der Waals surface area contributed by atoms with E-state index < -0.39 is 11.9 Å². The van der Waals surface area contributed by atoms with Crippen molar-refractivity contribution in [3.8, 4) is 5.75 Å². The number of benzene rings is 1. The van der Waals surface area contributed by atoms with E-state index >= 15 is 0 Å². The van der Waals surface area contributed by atoms with Crippen LogP contribution in [0, 0.1) is 0 Å². The molecule has 1 aromatic carbocycles. The molecular formula is C13H16N4O2. The molecular weight excluding hydrogens is 244 g/mol. The summed E-state index contributed by atoms with van der Waals surface area (Å²) in [4.78, 5) is 19.5. The normalized spacial score (nSPS) is 18.8. The van der Waals surface area contributed by atoms with Crippen molar-refractivity contribution in [3.05, 3.63) is 29.8 Å². The molecule has 1 aliphatic heterocycles. The van der Waals surface area contributed by atoms with Gasteiger partial charge in [0.05, 0.1) is 12.2 Å². The zero-order valence-corrected chi connectivity index (χ0v) is 10.7. The average molecular weight is 260 g/mol. The average Bonchev–Trinajstić information content (AvgIpc) is 2.42. The molecule has 0 saturated carbocycles. The molecule has 4 N–H and O–H groups in total. The van der Waals surface area contributed by atoms with Crippen LogP contribution in [0.5, 0.6) is 5.75 Å². The third-order valence-electron chi connectivity index (χ3n) is 2.63. The highest BCUT2D eigenvalue weighted by Crippen LogP contribution is 2.21. The first kappa shape index (κ1) is 13.2. The Hall–Kier alpha value is -2.21. The quantitative estimate of drug-likeness (QED) is 0.820. The standard InChI is InChI=1S/C13H16N4O2/c1-2-7-19-9-6-4-3-5-8(9)12-16-11(15)10(14)13(18)17-12/h3-6,10H,2,7,14H2,1H3,(H2,15,16,17,18). The van der Waals surface area contributed by atoms with E-state index in [0.717, 1.165) is 6.42 Å². The smallest absolute Gasteiger partial charge is 0.272 e. The molecule has 6 nitrogen and oxygen atoms in total. The van der Waals surface area contributed by atoms with E-state index in [1.807, 2.05) is 19.1 Å². The number of aliphatic imine (C=N–C) groups is 2. The molecule has 0 bridgehead atoms. The van der Waals surface area contributed by atoms with Gasteiger partial charge in [-0.1, -0.05) is 19.1 Å². The first-order valence-corrected chi connectivity index (χ1v) is 6.08. The summed E-state index contributed by atoms with van der Waals surface area (Å²) in [6.45, 7) is 2.59. The maximum atomic E-state index is 11.6. The van der Waals surface area contributed by atoms with Crippen molar-refractivity contribution in [2.24, 2.45) is 21.5 Å². The van der Waals surface area contributed by atoms with Crippen LogP contribution in [0.2, 0.25) is 0 Å². The van der Waals surface area contributed by atoms with Gasteiger partial charge in [-0.3, -0.25) is 4.79 Å². The second kappa shape index (κ2) is 5.62. The third kappa shape index (κ3) is 2.79. The molecule has 1 unspecified atom stereocenters. The Balaban J connectivity index is 2.37. The number of rotatable bonds is 4. The summed E-state index contributed by atoms with van der Waals surface area (Å²) < 4.78 is 5.60. The van der Waals surface area contributed by atoms with Crippen LogP contribution in [0.3, 0.4) is 0 Å². The molecule has 0 fully saturated rings. The fourth-order valence-electron chi connectivity index (χ4n) is 1.63. The van der Waals surface area contributed by atoms with Gasteiger partial charge in [0.1, 0.15) is 17.6 Å². The summed E-state index contributed by atoms with van der Waals surface area (Å²) in [6, 6.07) is 6.30. The first-order chi connectivity index (χ1) is 9.13. The van der Waals surface area contributed by atoms with Gasteiger partial charge in [-0.15, -0.1) is 0 Å². The van der Waals surface area contributed by atoms with E-state index in [2.05, 4.69) is 9.98 Å². The number of hydrogen-bond donors (Lipinski definition) is 2. The van der Waals surface area contributed by atoms with Gasteiger partial charge < -0.3 is 16.2 Å². The second-order valence-corrected chi connectivity index (χ2v) is 4.13. The number of hydrogen-bond acceptors (Lipinski definition) is 5. The number of carbonyl (C=O) groups is 1. The van der Waals surface area contributed by atoms with E-state index in [4.69, 9.17) is 16.2 Å². The lowest BCUT2D eigenvalue weighted by Gasteiger charge is -2.16. The summed E-state index contributed by atoms with van der Waals surface area (Å²) in [5.74, 6) is 0.451. The predicted molar refractivity (Wildman–Crippen MR) is 73.4 cm³/mol. The minimum atomic E-state index is -0.951. The molecule has 2 rings (SSSR count). The lowest BCUT2D eigenvalue weighted by atomic mass is 10.1. The Bertz CT molecular complexity index is 551. The Morgan fingerprint density at radius 2 is 2.05 bits per heavy atom. The van der Waals surface area contributed by atoms with Crippen molar-refractivity contribution in [3.63, 3.8) is 0 Å². The van der Waals surface area contributed by atoms with Gasteiger partial charge >= 0.3 is 0 Å². The number of nitrogens with zero attached hydrogens (tertiary/aromatic N) is 2. The molecule has 1 atom stereocenters. The van der Waals surface area contributed by atoms with Crippen LogP contribution in [-0.2, 0) is 4.79 Å². The van der Waals surface area contributed by atoms with Crippen LogP contribution in [0.15, 0.2) is 34.3 Å². The van der Waals surface area contributed by atoms with Crippen molar-refractivity contribution < 1.29 is 9.53 Å². The molecule has 1 aromatic rings. The van der Waals surface area contributed by atoms with Crippen molar-refractivity contribution in [1.82, 2.24) is 0 Å². The molecule has 1 heterocycles. The number of ether oxygens (including phenoxy) is 1. The number of nitrogens with two attached hydrogens (primary N) is 2. The van der Waals surface area contributed by atoms with Gasteiger partial charge in [-0.25, -0.2) is 4.99 Å². The van der Waals surface area contributed by atoms with E-state index in [1.54, 1.807) is 12.1 Å². The highest BCUT2D eigenvalue weighted by molar-refractivity contribution is 6.21. The Kier molecular flexibility index (Phi) is 3.91. The highest BCUT2D eigenvalue weighted by atomic mass is 16.5. The van der Waals surface area contributed by atoms with Crippen molar-refractivity contribution in [2.45, 2.75) is 19.4 Å². The fraction of sp³-hybridized carbons (Fsp3) is 0.308. The molecule has 6 heteroatoms. The van der Waals surface area contributed by atoms with Crippen molar-refractivity contribution in [2.75, 3.05) is 6.61 Å².